The van der Waals surface area contributed by atoms with Gasteiger partial charge in [-0.2, -0.15) is 0 Å². The average molecular weight is 759 g/mol. The van der Waals surface area contributed by atoms with Gasteiger partial charge in [0.15, 0.2) is 5.71 Å². The maximum absolute atomic E-state index is 5.66. The maximum Gasteiger partial charge on any atom is 0.360 e. The molecule has 0 saturated carbocycles. The minimum absolute atomic E-state index is 0.225. The lowest BCUT2D eigenvalue weighted by Gasteiger charge is -2.48. The number of anilines is 1. The van der Waals surface area contributed by atoms with Crippen LogP contribution in [-0.2, 0) is 13.0 Å². The van der Waals surface area contributed by atoms with Crippen molar-refractivity contribution in [2.45, 2.75) is 115 Å². The van der Waals surface area contributed by atoms with Crippen molar-refractivity contribution < 1.29 is 4.58 Å². The van der Waals surface area contributed by atoms with Gasteiger partial charge in [-0.1, -0.05) is 116 Å². The third kappa shape index (κ3) is 9.00. The largest absolute Gasteiger partial charge is 0.372 e. The molecule has 0 radical (unpaired) electrons. The number of halogens is 1. The number of amidine groups is 1. The lowest BCUT2D eigenvalue weighted by atomic mass is 9.57. The van der Waals surface area contributed by atoms with E-state index in [1.807, 2.05) is 39.5 Å². The van der Waals surface area contributed by atoms with E-state index in [-0.39, 0.29) is 11.3 Å². The van der Waals surface area contributed by atoms with Gasteiger partial charge in [0.05, 0.1) is 16.4 Å². The predicted molar refractivity (Wildman–Crippen MR) is 239 cm³/mol. The van der Waals surface area contributed by atoms with E-state index < -0.39 is 0 Å². The zero-order valence-electron chi connectivity index (χ0n) is 35.6. The number of nitrogens with zero attached hydrogens (tertiary/aromatic N) is 4. The fourth-order valence-corrected chi connectivity index (χ4v) is 9.63. The molecule has 4 aliphatic rings. The highest BCUT2D eigenvalue weighted by molar-refractivity contribution is 8.18. The van der Waals surface area contributed by atoms with Crippen LogP contribution in [-0.4, -0.2) is 65.0 Å². The third-order valence-electron chi connectivity index (χ3n) is 11.0. The number of rotatable bonds is 11. The molecule has 4 atom stereocenters. The van der Waals surface area contributed by atoms with E-state index in [4.69, 9.17) is 4.99 Å². The van der Waals surface area contributed by atoms with Crippen LogP contribution in [0.3, 0.4) is 0 Å². The van der Waals surface area contributed by atoms with Gasteiger partial charge >= 0.3 is 5.17 Å². The topological polar surface area (TPSA) is 21.9 Å². The van der Waals surface area contributed by atoms with Crippen molar-refractivity contribution >= 4 is 45.5 Å². The van der Waals surface area contributed by atoms with E-state index in [2.05, 4.69) is 161 Å². The van der Waals surface area contributed by atoms with Crippen LogP contribution in [0.1, 0.15) is 107 Å². The number of benzene rings is 2. The summed E-state index contributed by atoms with van der Waals surface area (Å²) in [6.45, 7) is 33.7. The van der Waals surface area contributed by atoms with Crippen LogP contribution in [0.5, 0.6) is 0 Å². The number of hydrogen-bond acceptors (Lipinski definition) is 3. The van der Waals surface area contributed by atoms with Gasteiger partial charge in [-0.25, -0.2) is 4.58 Å². The molecule has 0 spiro atoms. The summed E-state index contributed by atoms with van der Waals surface area (Å²) in [5, 5.41) is 1.13. The Kier molecular flexibility index (Phi) is 17.4. The monoisotopic (exact) mass is 758 g/mol. The lowest BCUT2D eigenvalue weighted by Crippen LogP contribution is -2.46. The molecule has 0 amide bonds. The summed E-state index contributed by atoms with van der Waals surface area (Å²) in [6.07, 6.45) is 12.6. The molecule has 6 heteroatoms. The van der Waals surface area contributed by atoms with Gasteiger partial charge in [0.1, 0.15) is 6.54 Å². The Morgan fingerprint density at radius 1 is 0.811 bits per heavy atom. The van der Waals surface area contributed by atoms with Crippen LogP contribution in [0.15, 0.2) is 93.9 Å². The van der Waals surface area contributed by atoms with Gasteiger partial charge in [-0.3, -0.25) is 4.90 Å². The zero-order valence-corrected chi connectivity index (χ0v) is 37.1. The van der Waals surface area contributed by atoms with Crippen molar-refractivity contribution in [3.05, 3.63) is 106 Å². The smallest absolute Gasteiger partial charge is 0.360 e. The average Bonchev–Trinajstić information content (AvgIpc) is 3.65. The summed E-state index contributed by atoms with van der Waals surface area (Å²) < 4.78 is 2.51. The molecule has 0 saturated heterocycles. The Morgan fingerprint density at radius 3 is 1.92 bits per heavy atom. The first-order chi connectivity index (χ1) is 25.7. The van der Waals surface area contributed by atoms with Gasteiger partial charge in [-0.05, 0) is 111 Å². The Balaban J connectivity index is 0.00000120. The molecule has 4 nitrogen and oxygen atoms in total. The van der Waals surface area contributed by atoms with Crippen LogP contribution < -0.4 is 4.90 Å². The highest BCUT2D eigenvalue weighted by Crippen LogP contribution is 2.59. The molecule has 0 bridgehead atoms. The van der Waals surface area contributed by atoms with E-state index >= 15 is 0 Å². The molecule has 4 unspecified atom stereocenters. The molecule has 6 rings (SSSR count). The Morgan fingerprint density at radius 2 is 1.40 bits per heavy atom. The molecule has 290 valence electrons. The number of thioether (sulfide) groups is 1. The first-order valence-electron chi connectivity index (χ1n) is 20.5. The number of allylic oxidation sites excluding steroid dienone is 6. The van der Waals surface area contributed by atoms with Crippen molar-refractivity contribution in [1.29, 1.82) is 0 Å². The van der Waals surface area contributed by atoms with Crippen molar-refractivity contribution in [2.24, 2.45) is 22.2 Å². The number of hydrogen-bond donors (Lipinski definition) is 0. The van der Waals surface area contributed by atoms with Gasteiger partial charge in [0.2, 0.25) is 0 Å². The summed E-state index contributed by atoms with van der Waals surface area (Å²) >= 11 is 6.54. The summed E-state index contributed by atoms with van der Waals surface area (Å²) in [6, 6.07) is 19.2. The molecule has 2 aromatic rings. The Bertz CT molecular complexity index is 1670. The van der Waals surface area contributed by atoms with E-state index in [1.54, 1.807) is 11.1 Å². The first kappa shape index (κ1) is 44.5. The molecule has 3 aliphatic carbocycles. The van der Waals surface area contributed by atoms with Gasteiger partial charge in [-0.15, -0.1) is 11.6 Å². The molecule has 0 aromatic heterocycles. The molecule has 53 heavy (non-hydrogen) atoms. The van der Waals surface area contributed by atoms with Crippen LogP contribution in [0.4, 0.5) is 5.69 Å². The summed E-state index contributed by atoms with van der Waals surface area (Å²) in [5.41, 5.74) is 10.9. The number of aryl methyl sites for hydroxylation is 1. The SMILES string of the molecule is CC.CC.CCc1ccc(C[N+](=C2N=C3C(=C(c4ccc(N(CC)CC)cc4)C4C=CC(N(CC)CC)C5=C4C3(C)C=CC5C)S2)C(C)C)cc1.CCl. The second-order valence-corrected chi connectivity index (χ2v) is 14.9. The molecular formula is C47H70ClN4S+. The molecule has 0 fully saturated rings. The van der Waals surface area contributed by atoms with Crippen LogP contribution in [0.25, 0.3) is 5.57 Å². The Hall–Kier alpha value is -2.86. The summed E-state index contributed by atoms with van der Waals surface area (Å²) in [7, 11) is 0. The van der Waals surface area contributed by atoms with E-state index in [0.717, 1.165) is 44.3 Å². The number of aliphatic imine (C=N–C) groups is 1. The molecule has 1 heterocycles. The van der Waals surface area contributed by atoms with E-state index in [0.29, 0.717) is 18.0 Å². The van der Waals surface area contributed by atoms with Crippen LogP contribution in [0.2, 0.25) is 0 Å². The van der Waals surface area contributed by atoms with E-state index in [1.165, 1.54) is 45.0 Å². The molecular weight excluding hydrogens is 688 g/mol. The fourth-order valence-electron chi connectivity index (χ4n) is 8.21. The number of likely N-dealkylation sites (N-methyl/N-ethyl adjacent to an activating group) is 1. The number of fused-ring (bicyclic) bond motifs is 2. The standard InChI is InChI=1S/C42H55N4S.2C2H6.CH3Cl/c1-10-30-15-17-31(18-16-30)27-46(28(6)7)41-43-40-39(47-41)37(32-19-21-33(22-20-32)44(11-2)12-3)34-23-24-35(45(13-4)14-5)36-29(8)25-26-42(40,9)38(34)36;3*1-2/h15-26,28-29,34-35H,10-14,27H2,1-9H3;2*1-2H3;1H3/q+1;;;. The quantitative estimate of drug-likeness (QED) is 0.129. The highest BCUT2D eigenvalue weighted by Gasteiger charge is 2.55. The van der Waals surface area contributed by atoms with Crippen molar-refractivity contribution in [3.63, 3.8) is 0 Å². The summed E-state index contributed by atoms with van der Waals surface area (Å²) in [4.78, 5) is 12.1. The molecule has 1 aliphatic heterocycles. The predicted octanol–water partition coefficient (Wildman–Crippen LogP) is 12.3. The van der Waals surface area contributed by atoms with Gasteiger partial charge in [0, 0.05) is 48.9 Å². The van der Waals surface area contributed by atoms with Gasteiger partial charge in [0.25, 0.3) is 0 Å². The summed E-state index contributed by atoms with van der Waals surface area (Å²) in [5.74, 6) is 0.615. The second-order valence-electron chi connectivity index (χ2n) is 13.9. The van der Waals surface area contributed by atoms with Crippen LogP contribution in [0, 0.1) is 17.3 Å². The second kappa shape index (κ2) is 20.7. The van der Waals surface area contributed by atoms with Crippen molar-refractivity contribution in [2.75, 3.05) is 37.5 Å². The van der Waals surface area contributed by atoms with Crippen molar-refractivity contribution in [1.82, 2.24) is 4.90 Å². The molecule has 2 aromatic carbocycles. The van der Waals surface area contributed by atoms with Crippen LogP contribution >= 0.6 is 23.4 Å². The normalized spacial score (nSPS) is 23.3. The van der Waals surface area contributed by atoms with Gasteiger partial charge < -0.3 is 4.90 Å². The van der Waals surface area contributed by atoms with Crippen molar-refractivity contribution in [3.8, 4) is 0 Å². The maximum atomic E-state index is 5.66. The zero-order chi connectivity index (χ0) is 39.5. The molecule has 0 N–H and O–H groups in total. The minimum atomic E-state index is -0.247. The lowest BCUT2D eigenvalue weighted by molar-refractivity contribution is -0.572. The van der Waals surface area contributed by atoms with E-state index in [9.17, 15) is 0 Å². The third-order valence-corrected chi connectivity index (χ3v) is 12.1. The fraction of sp³-hybridized carbons (Fsp3) is 0.532. The first-order valence-corrected chi connectivity index (χ1v) is 22.1. The minimum Gasteiger partial charge on any atom is -0.372 e. The highest BCUT2D eigenvalue weighted by atomic mass is 35.5. The Labute approximate surface area is 333 Å². The number of alkyl halides is 1.